The normalized spacial score (nSPS) is 10.5. The molecular formula is C14H12BrClS. The SMILES string of the molecule is CCSc1c(Br)cccc1-c1ccc(Cl)cc1. The third kappa shape index (κ3) is 3.06. The first kappa shape index (κ1) is 13.0. The maximum absolute atomic E-state index is 5.92. The molecule has 0 aliphatic heterocycles. The van der Waals surface area contributed by atoms with Crippen LogP contribution in [0.15, 0.2) is 51.8 Å². The molecule has 3 heteroatoms. The molecule has 2 rings (SSSR count). The Hall–Kier alpha value is -0.440. The smallest absolute Gasteiger partial charge is 0.0406 e. The third-order valence-electron chi connectivity index (χ3n) is 2.41. The summed E-state index contributed by atoms with van der Waals surface area (Å²) in [6.45, 7) is 2.16. The molecule has 0 bridgehead atoms. The van der Waals surface area contributed by atoms with Gasteiger partial charge >= 0.3 is 0 Å². The summed E-state index contributed by atoms with van der Waals surface area (Å²) < 4.78 is 1.15. The molecule has 0 aliphatic rings. The molecule has 2 aromatic rings. The number of halogens is 2. The van der Waals surface area contributed by atoms with E-state index in [1.807, 2.05) is 23.9 Å². The van der Waals surface area contributed by atoms with E-state index in [1.165, 1.54) is 16.0 Å². The average molecular weight is 328 g/mol. The van der Waals surface area contributed by atoms with Gasteiger partial charge in [-0.2, -0.15) is 0 Å². The highest BCUT2D eigenvalue weighted by Crippen LogP contribution is 2.37. The molecule has 0 atom stereocenters. The van der Waals surface area contributed by atoms with Gasteiger partial charge in [-0.05, 0) is 51.0 Å². The predicted molar refractivity (Wildman–Crippen MR) is 81.0 cm³/mol. The van der Waals surface area contributed by atoms with Gasteiger partial charge in [-0.15, -0.1) is 11.8 Å². The van der Waals surface area contributed by atoms with E-state index < -0.39 is 0 Å². The molecule has 0 fully saturated rings. The lowest BCUT2D eigenvalue weighted by atomic mass is 10.1. The van der Waals surface area contributed by atoms with Crippen LogP contribution in [0.1, 0.15) is 6.92 Å². The van der Waals surface area contributed by atoms with Crippen LogP contribution in [0.4, 0.5) is 0 Å². The fraction of sp³-hybridized carbons (Fsp3) is 0.143. The highest BCUT2D eigenvalue weighted by atomic mass is 79.9. The highest BCUT2D eigenvalue weighted by molar-refractivity contribution is 9.10. The summed E-state index contributed by atoms with van der Waals surface area (Å²) in [6.07, 6.45) is 0. The van der Waals surface area contributed by atoms with Crippen LogP contribution in [0.5, 0.6) is 0 Å². The molecule has 17 heavy (non-hydrogen) atoms. The molecule has 0 spiro atoms. The molecule has 0 heterocycles. The molecule has 2 aromatic carbocycles. The Morgan fingerprint density at radius 2 is 1.82 bits per heavy atom. The first-order valence-electron chi connectivity index (χ1n) is 5.39. The van der Waals surface area contributed by atoms with Gasteiger partial charge in [-0.25, -0.2) is 0 Å². The van der Waals surface area contributed by atoms with Crippen molar-refractivity contribution in [2.24, 2.45) is 0 Å². The van der Waals surface area contributed by atoms with Crippen molar-refractivity contribution in [2.45, 2.75) is 11.8 Å². The van der Waals surface area contributed by atoms with Gasteiger partial charge in [0, 0.05) is 14.4 Å². The maximum Gasteiger partial charge on any atom is 0.0406 e. The van der Waals surface area contributed by atoms with Crippen LogP contribution in [0.25, 0.3) is 11.1 Å². The summed E-state index contributed by atoms with van der Waals surface area (Å²) in [5.74, 6) is 1.06. The van der Waals surface area contributed by atoms with E-state index in [4.69, 9.17) is 11.6 Å². The lowest BCUT2D eigenvalue weighted by Crippen LogP contribution is -1.84. The van der Waals surface area contributed by atoms with E-state index >= 15 is 0 Å². The largest absolute Gasteiger partial charge is 0.125 e. The molecule has 0 saturated carbocycles. The number of benzene rings is 2. The molecule has 88 valence electrons. The second kappa shape index (κ2) is 5.94. The molecule has 0 aliphatic carbocycles. The van der Waals surface area contributed by atoms with Gasteiger partial charge in [0.05, 0.1) is 0 Å². The topological polar surface area (TPSA) is 0 Å². The van der Waals surface area contributed by atoms with Crippen molar-refractivity contribution in [2.75, 3.05) is 5.75 Å². The van der Waals surface area contributed by atoms with Crippen molar-refractivity contribution in [1.29, 1.82) is 0 Å². The lowest BCUT2D eigenvalue weighted by Gasteiger charge is -2.10. The van der Waals surface area contributed by atoms with Crippen molar-refractivity contribution in [3.05, 3.63) is 52.0 Å². The molecular weight excluding hydrogens is 316 g/mol. The fourth-order valence-corrected chi connectivity index (χ4v) is 3.33. The van der Waals surface area contributed by atoms with Crippen LogP contribution in [-0.2, 0) is 0 Å². The zero-order valence-electron chi connectivity index (χ0n) is 9.41. The Bertz CT molecular complexity index is 508. The molecule has 0 unspecified atom stereocenters. The summed E-state index contributed by atoms with van der Waals surface area (Å²) in [6, 6.07) is 14.3. The number of hydrogen-bond donors (Lipinski definition) is 0. The Labute approximate surface area is 120 Å². The number of rotatable bonds is 3. The van der Waals surface area contributed by atoms with Crippen molar-refractivity contribution in [3.8, 4) is 11.1 Å². The van der Waals surface area contributed by atoms with E-state index in [2.05, 4.69) is 53.2 Å². The minimum Gasteiger partial charge on any atom is -0.125 e. The molecule has 0 saturated heterocycles. The average Bonchev–Trinajstić information content (AvgIpc) is 2.33. The van der Waals surface area contributed by atoms with E-state index in [0.29, 0.717) is 0 Å². The number of hydrogen-bond acceptors (Lipinski definition) is 1. The lowest BCUT2D eigenvalue weighted by molar-refractivity contribution is 1.38. The fourth-order valence-electron chi connectivity index (χ4n) is 1.66. The Morgan fingerprint density at radius 1 is 1.12 bits per heavy atom. The zero-order chi connectivity index (χ0) is 12.3. The van der Waals surface area contributed by atoms with Crippen molar-refractivity contribution >= 4 is 39.3 Å². The summed E-state index contributed by atoms with van der Waals surface area (Å²) >= 11 is 11.4. The van der Waals surface area contributed by atoms with Gasteiger partial charge in [0.25, 0.3) is 0 Å². The second-order valence-corrected chi connectivity index (χ2v) is 6.12. The van der Waals surface area contributed by atoms with Crippen LogP contribution in [0, 0.1) is 0 Å². The van der Waals surface area contributed by atoms with Crippen LogP contribution in [-0.4, -0.2) is 5.75 Å². The quantitative estimate of drug-likeness (QED) is 0.634. The monoisotopic (exact) mass is 326 g/mol. The van der Waals surface area contributed by atoms with E-state index in [9.17, 15) is 0 Å². The molecule has 0 N–H and O–H groups in total. The maximum atomic E-state index is 5.92. The van der Waals surface area contributed by atoms with Gasteiger partial charge < -0.3 is 0 Å². The van der Waals surface area contributed by atoms with E-state index in [1.54, 1.807) is 0 Å². The summed E-state index contributed by atoms with van der Waals surface area (Å²) in [4.78, 5) is 1.29. The van der Waals surface area contributed by atoms with E-state index in [0.717, 1.165) is 15.2 Å². The van der Waals surface area contributed by atoms with Crippen LogP contribution >= 0.6 is 39.3 Å². The molecule has 0 aromatic heterocycles. The first-order chi connectivity index (χ1) is 8.22. The van der Waals surface area contributed by atoms with Crippen molar-refractivity contribution in [3.63, 3.8) is 0 Å². The summed E-state index contributed by atoms with van der Waals surface area (Å²) in [5, 5.41) is 0.772. The minimum atomic E-state index is 0.772. The number of thioether (sulfide) groups is 1. The zero-order valence-corrected chi connectivity index (χ0v) is 12.6. The molecule has 0 nitrogen and oxygen atoms in total. The Balaban J connectivity index is 2.50. The van der Waals surface area contributed by atoms with E-state index in [-0.39, 0.29) is 0 Å². The van der Waals surface area contributed by atoms with Crippen molar-refractivity contribution in [1.82, 2.24) is 0 Å². The second-order valence-electron chi connectivity index (χ2n) is 3.56. The molecule has 0 radical (unpaired) electrons. The standard InChI is InChI=1S/C14H12BrClS/c1-2-17-14-12(4-3-5-13(14)15)10-6-8-11(16)9-7-10/h3-9H,2H2,1H3. The third-order valence-corrected chi connectivity index (χ3v) is 4.60. The van der Waals surface area contributed by atoms with Gasteiger partial charge in [0.2, 0.25) is 0 Å². The summed E-state index contributed by atoms with van der Waals surface area (Å²) in [7, 11) is 0. The van der Waals surface area contributed by atoms with Crippen LogP contribution < -0.4 is 0 Å². The molecule has 0 amide bonds. The first-order valence-corrected chi connectivity index (χ1v) is 7.55. The summed E-state index contributed by atoms with van der Waals surface area (Å²) in [5.41, 5.74) is 2.45. The van der Waals surface area contributed by atoms with Gasteiger partial charge in [-0.3, -0.25) is 0 Å². The van der Waals surface area contributed by atoms with Crippen LogP contribution in [0.3, 0.4) is 0 Å². The Morgan fingerprint density at radius 3 is 2.47 bits per heavy atom. The van der Waals surface area contributed by atoms with Crippen LogP contribution in [0.2, 0.25) is 5.02 Å². The minimum absolute atomic E-state index is 0.772. The van der Waals surface area contributed by atoms with Gasteiger partial charge in [-0.1, -0.05) is 42.8 Å². The predicted octanol–water partition coefficient (Wildman–Crippen LogP) is 5.88. The highest BCUT2D eigenvalue weighted by Gasteiger charge is 2.08. The Kier molecular flexibility index (Phi) is 4.55. The van der Waals surface area contributed by atoms with Crippen molar-refractivity contribution < 1.29 is 0 Å². The van der Waals surface area contributed by atoms with Gasteiger partial charge in [0.15, 0.2) is 0 Å². The van der Waals surface area contributed by atoms with Gasteiger partial charge in [0.1, 0.15) is 0 Å².